The zero-order valence-electron chi connectivity index (χ0n) is 16.9. The van der Waals surface area contributed by atoms with Crippen LogP contribution in [0.4, 0.5) is 4.79 Å². The van der Waals surface area contributed by atoms with E-state index in [2.05, 4.69) is 10.6 Å². The zero-order chi connectivity index (χ0) is 20.3. The van der Waals surface area contributed by atoms with Crippen LogP contribution in [0, 0.1) is 0 Å². The average Bonchev–Trinajstić information content (AvgIpc) is 3.36. The second kappa shape index (κ2) is 8.26. The number of likely N-dealkylation sites (tertiary alicyclic amines) is 1. The topological polar surface area (TPSA) is 89.1 Å². The smallest absolute Gasteiger partial charge is 0.315 e. The third kappa shape index (κ3) is 4.32. The molecular weight excluding hydrogens is 362 g/mol. The Labute approximate surface area is 165 Å². The van der Waals surface area contributed by atoms with Crippen LogP contribution in [0.25, 0.3) is 0 Å². The molecule has 1 saturated heterocycles. The second-order valence-corrected chi connectivity index (χ2v) is 7.52. The molecule has 8 nitrogen and oxygen atoms in total. The molecule has 0 unspecified atom stereocenters. The average molecular weight is 391 g/mol. The highest BCUT2D eigenvalue weighted by molar-refractivity contribution is 5.97. The van der Waals surface area contributed by atoms with Crippen molar-refractivity contribution in [2.45, 2.75) is 43.9 Å². The van der Waals surface area contributed by atoms with Gasteiger partial charge in [-0.1, -0.05) is 0 Å². The van der Waals surface area contributed by atoms with E-state index in [0.717, 1.165) is 6.42 Å². The molecule has 1 aliphatic carbocycles. The van der Waals surface area contributed by atoms with Crippen molar-refractivity contribution < 1.29 is 23.8 Å². The summed E-state index contributed by atoms with van der Waals surface area (Å²) < 4.78 is 15.9. The van der Waals surface area contributed by atoms with Gasteiger partial charge in [-0.3, -0.25) is 4.79 Å². The van der Waals surface area contributed by atoms with E-state index in [-0.39, 0.29) is 29.6 Å². The molecule has 0 spiro atoms. The van der Waals surface area contributed by atoms with Crippen LogP contribution >= 0.6 is 0 Å². The van der Waals surface area contributed by atoms with Gasteiger partial charge in [-0.15, -0.1) is 0 Å². The highest BCUT2D eigenvalue weighted by Gasteiger charge is 2.51. The number of amides is 3. The number of methoxy groups -OCH3 is 3. The van der Waals surface area contributed by atoms with Crippen molar-refractivity contribution in [1.82, 2.24) is 15.5 Å². The molecule has 8 heteroatoms. The number of piperidine rings is 1. The van der Waals surface area contributed by atoms with Crippen molar-refractivity contribution in [3.63, 3.8) is 0 Å². The van der Waals surface area contributed by atoms with Crippen LogP contribution in [0.1, 0.15) is 36.5 Å². The Morgan fingerprint density at radius 2 is 1.82 bits per heavy atom. The van der Waals surface area contributed by atoms with Crippen molar-refractivity contribution in [3.05, 3.63) is 23.8 Å². The summed E-state index contributed by atoms with van der Waals surface area (Å²) in [5, 5.41) is 5.95. The van der Waals surface area contributed by atoms with E-state index < -0.39 is 0 Å². The minimum Gasteiger partial charge on any atom is -0.497 e. The molecule has 0 radical (unpaired) electrons. The van der Waals surface area contributed by atoms with Crippen LogP contribution in [0.3, 0.4) is 0 Å². The minimum absolute atomic E-state index is 0.0503. The monoisotopic (exact) mass is 391 g/mol. The van der Waals surface area contributed by atoms with Crippen molar-refractivity contribution in [3.8, 4) is 11.5 Å². The first-order valence-corrected chi connectivity index (χ1v) is 9.53. The van der Waals surface area contributed by atoms with Crippen LogP contribution in [0.5, 0.6) is 11.5 Å². The molecule has 2 fully saturated rings. The summed E-state index contributed by atoms with van der Waals surface area (Å²) in [5.74, 6) is 1.06. The molecule has 2 atom stereocenters. The maximum atomic E-state index is 12.9. The normalized spacial score (nSPS) is 24.4. The lowest BCUT2D eigenvalue weighted by molar-refractivity contribution is 0.0703. The van der Waals surface area contributed by atoms with Crippen molar-refractivity contribution in [1.29, 1.82) is 0 Å². The molecule has 3 rings (SSSR count). The van der Waals surface area contributed by atoms with E-state index in [4.69, 9.17) is 14.2 Å². The van der Waals surface area contributed by atoms with Gasteiger partial charge < -0.3 is 29.7 Å². The van der Waals surface area contributed by atoms with E-state index >= 15 is 0 Å². The molecule has 2 N–H and O–H groups in total. The van der Waals surface area contributed by atoms with Gasteiger partial charge in [-0.05, 0) is 31.9 Å². The Balaban J connectivity index is 1.50. The fourth-order valence-electron chi connectivity index (χ4n) is 3.53. The van der Waals surface area contributed by atoms with Crippen molar-refractivity contribution in [2.75, 3.05) is 34.4 Å². The standard InChI is InChI=1S/C20H29N3O5/c1-20(28-4)12-17(20)22-19(25)21-13-7-9-23(10-8-13)18(24)15-6-5-14(26-2)11-16(15)27-3/h5-6,11,13,17H,7-10,12H2,1-4H3,(H2,21,22,25)/t17-,20+/m1/s1. The van der Waals surface area contributed by atoms with Gasteiger partial charge in [0.25, 0.3) is 5.91 Å². The molecular formula is C20H29N3O5. The molecule has 1 aromatic rings. The fourth-order valence-corrected chi connectivity index (χ4v) is 3.53. The molecule has 0 aromatic heterocycles. The summed E-state index contributed by atoms with van der Waals surface area (Å²) in [4.78, 5) is 26.8. The molecule has 1 aliphatic heterocycles. The summed E-state index contributed by atoms with van der Waals surface area (Å²) in [6, 6.07) is 5.11. The van der Waals surface area contributed by atoms with E-state index in [0.29, 0.717) is 43.0 Å². The number of carbonyl (C=O) groups excluding carboxylic acids is 2. The molecule has 2 aliphatic rings. The Morgan fingerprint density at radius 1 is 1.11 bits per heavy atom. The molecule has 154 valence electrons. The second-order valence-electron chi connectivity index (χ2n) is 7.52. The number of hydrogen-bond donors (Lipinski definition) is 2. The largest absolute Gasteiger partial charge is 0.497 e. The number of rotatable bonds is 6. The van der Waals surface area contributed by atoms with Gasteiger partial charge in [-0.2, -0.15) is 0 Å². The van der Waals surface area contributed by atoms with Crippen molar-refractivity contribution >= 4 is 11.9 Å². The first kappa shape index (κ1) is 20.3. The Bertz CT molecular complexity index is 733. The number of benzene rings is 1. The van der Waals surface area contributed by atoms with E-state index in [9.17, 15) is 9.59 Å². The number of hydrogen-bond acceptors (Lipinski definition) is 5. The van der Waals surface area contributed by atoms with E-state index in [1.54, 1.807) is 37.3 Å². The van der Waals surface area contributed by atoms with Gasteiger partial charge in [-0.25, -0.2) is 4.79 Å². The highest BCUT2D eigenvalue weighted by Crippen LogP contribution is 2.38. The third-order valence-electron chi connectivity index (χ3n) is 5.71. The molecule has 0 bridgehead atoms. The van der Waals surface area contributed by atoms with Gasteiger partial charge in [0.05, 0.1) is 31.4 Å². The van der Waals surface area contributed by atoms with Crippen molar-refractivity contribution in [2.24, 2.45) is 0 Å². The van der Waals surface area contributed by atoms with Gasteiger partial charge in [0.2, 0.25) is 0 Å². The Morgan fingerprint density at radius 3 is 2.39 bits per heavy atom. The third-order valence-corrected chi connectivity index (χ3v) is 5.71. The van der Waals surface area contributed by atoms with Gasteiger partial charge in [0.15, 0.2) is 0 Å². The van der Waals surface area contributed by atoms with E-state index in [1.807, 2.05) is 6.92 Å². The van der Waals surface area contributed by atoms with Crippen LogP contribution in [-0.2, 0) is 4.74 Å². The summed E-state index contributed by atoms with van der Waals surface area (Å²) in [6.45, 7) is 3.14. The predicted molar refractivity (Wildman–Crippen MR) is 104 cm³/mol. The Hall–Kier alpha value is -2.48. The van der Waals surface area contributed by atoms with Crippen LogP contribution < -0.4 is 20.1 Å². The number of urea groups is 1. The lowest BCUT2D eigenvalue weighted by Crippen LogP contribution is -2.50. The predicted octanol–water partition coefficient (Wildman–Crippen LogP) is 1.78. The number of nitrogens with zero attached hydrogens (tertiary/aromatic N) is 1. The number of ether oxygens (including phenoxy) is 3. The maximum Gasteiger partial charge on any atom is 0.315 e. The quantitative estimate of drug-likeness (QED) is 0.772. The highest BCUT2D eigenvalue weighted by atomic mass is 16.5. The molecule has 1 heterocycles. The summed E-state index contributed by atoms with van der Waals surface area (Å²) in [7, 11) is 4.77. The molecule has 28 heavy (non-hydrogen) atoms. The summed E-state index contributed by atoms with van der Waals surface area (Å²) >= 11 is 0. The van der Waals surface area contributed by atoms with Crippen LogP contribution in [0.2, 0.25) is 0 Å². The first-order valence-electron chi connectivity index (χ1n) is 9.53. The summed E-state index contributed by atoms with van der Waals surface area (Å²) in [5.41, 5.74) is 0.268. The lowest BCUT2D eigenvalue weighted by Gasteiger charge is -2.32. The number of nitrogens with one attached hydrogen (secondary N) is 2. The molecule has 1 aromatic carbocycles. The van der Waals surface area contributed by atoms with Gasteiger partial charge in [0, 0.05) is 38.7 Å². The molecule has 1 saturated carbocycles. The SMILES string of the molecule is COc1ccc(C(=O)N2CCC(NC(=O)N[C@@H]3C[C@]3(C)OC)CC2)c(OC)c1. The zero-order valence-corrected chi connectivity index (χ0v) is 16.9. The number of carbonyl (C=O) groups is 2. The lowest BCUT2D eigenvalue weighted by atomic mass is 10.0. The van der Waals surface area contributed by atoms with Gasteiger partial charge >= 0.3 is 6.03 Å². The first-order chi connectivity index (χ1) is 13.4. The fraction of sp³-hybridized carbons (Fsp3) is 0.600. The van der Waals surface area contributed by atoms with E-state index in [1.165, 1.54) is 7.11 Å². The van der Waals surface area contributed by atoms with Gasteiger partial charge in [0.1, 0.15) is 11.5 Å². The summed E-state index contributed by atoms with van der Waals surface area (Å²) in [6.07, 6.45) is 2.25. The maximum absolute atomic E-state index is 12.9. The molecule has 3 amide bonds. The van der Waals surface area contributed by atoms with Crippen LogP contribution in [0.15, 0.2) is 18.2 Å². The Kier molecular flexibility index (Phi) is 5.98. The minimum atomic E-state index is -0.245. The van der Waals surface area contributed by atoms with Crippen LogP contribution in [-0.4, -0.2) is 68.9 Å².